The van der Waals surface area contributed by atoms with Crippen LogP contribution in [-0.4, -0.2) is 29.8 Å². The standard InChI is InChI=1S/C19H16N4O5/c1-21(2)18-15(10-13(22(25)26)11-17(18)23(27)28)19(24)20-16-9-5-7-12-6-3-4-8-14(12)16/h3-11H,1-2H3,(H,20,24). The molecular weight excluding hydrogens is 364 g/mol. The molecule has 0 atom stereocenters. The van der Waals surface area contributed by atoms with E-state index in [0.29, 0.717) is 5.69 Å². The molecule has 9 heteroatoms. The molecule has 3 aromatic rings. The van der Waals surface area contributed by atoms with Crippen molar-refractivity contribution in [2.45, 2.75) is 0 Å². The van der Waals surface area contributed by atoms with E-state index in [1.54, 1.807) is 12.1 Å². The summed E-state index contributed by atoms with van der Waals surface area (Å²) in [5, 5.41) is 27.0. The van der Waals surface area contributed by atoms with Gasteiger partial charge in [-0.3, -0.25) is 25.0 Å². The Morgan fingerprint density at radius 1 is 0.964 bits per heavy atom. The van der Waals surface area contributed by atoms with Crippen LogP contribution in [0.25, 0.3) is 10.8 Å². The minimum absolute atomic E-state index is 0.00617. The molecule has 0 unspecified atom stereocenters. The van der Waals surface area contributed by atoms with Crippen molar-refractivity contribution in [3.05, 3.63) is 80.4 Å². The Kier molecular flexibility index (Phi) is 4.90. The van der Waals surface area contributed by atoms with Crippen LogP contribution in [0.5, 0.6) is 0 Å². The Morgan fingerprint density at radius 2 is 1.64 bits per heavy atom. The minimum atomic E-state index is -0.763. The second-order valence-corrected chi connectivity index (χ2v) is 6.25. The lowest BCUT2D eigenvalue weighted by molar-refractivity contribution is -0.393. The van der Waals surface area contributed by atoms with Crippen molar-refractivity contribution in [3.63, 3.8) is 0 Å². The summed E-state index contributed by atoms with van der Waals surface area (Å²) in [4.78, 5) is 35.5. The lowest BCUT2D eigenvalue weighted by Gasteiger charge is -2.17. The van der Waals surface area contributed by atoms with Gasteiger partial charge < -0.3 is 10.2 Å². The summed E-state index contributed by atoms with van der Waals surface area (Å²) in [5.41, 5.74) is -0.697. The van der Waals surface area contributed by atoms with Crippen LogP contribution in [0.4, 0.5) is 22.7 Å². The van der Waals surface area contributed by atoms with Crippen LogP contribution in [0, 0.1) is 20.2 Å². The van der Waals surface area contributed by atoms with E-state index in [4.69, 9.17) is 0 Å². The van der Waals surface area contributed by atoms with E-state index in [1.807, 2.05) is 30.3 Å². The molecule has 9 nitrogen and oxygen atoms in total. The largest absolute Gasteiger partial charge is 0.371 e. The minimum Gasteiger partial charge on any atom is -0.371 e. The Balaban J connectivity index is 2.14. The third-order valence-corrected chi connectivity index (χ3v) is 4.21. The van der Waals surface area contributed by atoms with Crippen LogP contribution in [0.15, 0.2) is 54.6 Å². The van der Waals surface area contributed by atoms with Crippen molar-refractivity contribution in [2.24, 2.45) is 0 Å². The summed E-state index contributed by atoms with van der Waals surface area (Å²) in [6, 6.07) is 14.6. The molecule has 0 radical (unpaired) electrons. The number of carbonyl (C=O) groups excluding carboxylic acids is 1. The number of nitrogens with one attached hydrogen (secondary N) is 1. The Bertz CT molecular complexity index is 1110. The Labute approximate surface area is 159 Å². The predicted molar refractivity (Wildman–Crippen MR) is 106 cm³/mol. The van der Waals surface area contributed by atoms with E-state index in [-0.39, 0.29) is 11.3 Å². The first kappa shape index (κ1) is 18.8. The molecule has 0 bridgehead atoms. The van der Waals surface area contributed by atoms with Gasteiger partial charge >= 0.3 is 0 Å². The summed E-state index contributed by atoms with van der Waals surface area (Å²) in [7, 11) is 3.06. The molecule has 0 aromatic heterocycles. The molecule has 3 aromatic carbocycles. The Hall–Kier alpha value is -4.01. The molecule has 1 amide bonds. The molecule has 0 aliphatic rings. The molecule has 142 valence electrons. The quantitative estimate of drug-likeness (QED) is 0.528. The highest BCUT2D eigenvalue weighted by Gasteiger charge is 2.29. The van der Waals surface area contributed by atoms with Gasteiger partial charge in [0.05, 0.1) is 21.5 Å². The number of nitrogens with zero attached hydrogens (tertiary/aromatic N) is 3. The molecule has 28 heavy (non-hydrogen) atoms. The average Bonchev–Trinajstić information content (AvgIpc) is 2.66. The fourth-order valence-corrected chi connectivity index (χ4v) is 3.02. The molecule has 0 aliphatic carbocycles. The highest BCUT2D eigenvalue weighted by atomic mass is 16.6. The van der Waals surface area contributed by atoms with Crippen molar-refractivity contribution >= 4 is 39.4 Å². The van der Waals surface area contributed by atoms with Crippen LogP contribution in [0.3, 0.4) is 0 Å². The number of amides is 1. The highest BCUT2D eigenvalue weighted by Crippen LogP contribution is 2.36. The summed E-state index contributed by atoms with van der Waals surface area (Å²) >= 11 is 0. The van der Waals surface area contributed by atoms with Gasteiger partial charge in [0, 0.05) is 31.2 Å². The second-order valence-electron chi connectivity index (χ2n) is 6.25. The fourth-order valence-electron chi connectivity index (χ4n) is 3.02. The zero-order valence-electron chi connectivity index (χ0n) is 15.1. The molecule has 0 fully saturated rings. The monoisotopic (exact) mass is 380 g/mol. The number of benzene rings is 3. The van der Waals surface area contributed by atoms with Gasteiger partial charge in [0.25, 0.3) is 17.3 Å². The van der Waals surface area contributed by atoms with Crippen molar-refractivity contribution in [3.8, 4) is 0 Å². The topological polar surface area (TPSA) is 119 Å². The van der Waals surface area contributed by atoms with E-state index in [2.05, 4.69) is 5.32 Å². The maximum atomic E-state index is 12.9. The van der Waals surface area contributed by atoms with Gasteiger partial charge in [-0.1, -0.05) is 36.4 Å². The van der Waals surface area contributed by atoms with Crippen molar-refractivity contribution in [2.75, 3.05) is 24.3 Å². The second kappa shape index (κ2) is 7.31. The van der Waals surface area contributed by atoms with E-state index < -0.39 is 27.1 Å². The SMILES string of the molecule is CN(C)c1c(C(=O)Nc2cccc3ccccc23)cc([N+](=O)[O-])cc1[N+](=O)[O-]. The molecule has 3 rings (SSSR count). The van der Waals surface area contributed by atoms with E-state index in [1.165, 1.54) is 19.0 Å². The number of rotatable bonds is 5. The van der Waals surface area contributed by atoms with Crippen molar-refractivity contribution < 1.29 is 14.6 Å². The number of hydrogen-bond acceptors (Lipinski definition) is 6. The van der Waals surface area contributed by atoms with Gasteiger partial charge in [-0.2, -0.15) is 0 Å². The third-order valence-electron chi connectivity index (χ3n) is 4.21. The van der Waals surface area contributed by atoms with Crippen LogP contribution in [0.2, 0.25) is 0 Å². The van der Waals surface area contributed by atoms with Crippen molar-refractivity contribution in [1.29, 1.82) is 0 Å². The summed E-state index contributed by atoms with van der Waals surface area (Å²) in [5.74, 6) is -0.674. The fraction of sp³-hybridized carbons (Fsp3) is 0.105. The molecule has 0 heterocycles. The number of anilines is 2. The number of non-ortho nitro benzene ring substituents is 1. The summed E-state index contributed by atoms with van der Waals surface area (Å²) in [6.45, 7) is 0. The summed E-state index contributed by atoms with van der Waals surface area (Å²) in [6.07, 6.45) is 0. The molecule has 0 saturated heterocycles. The Morgan fingerprint density at radius 3 is 2.29 bits per heavy atom. The lowest BCUT2D eigenvalue weighted by Crippen LogP contribution is -2.20. The first-order valence-corrected chi connectivity index (χ1v) is 8.23. The maximum Gasteiger partial charge on any atom is 0.300 e. The smallest absolute Gasteiger partial charge is 0.300 e. The first-order chi connectivity index (χ1) is 13.3. The maximum absolute atomic E-state index is 12.9. The number of nitro groups is 2. The average molecular weight is 380 g/mol. The van der Waals surface area contributed by atoms with Gasteiger partial charge in [0.2, 0.25) is 0 Å². The van der Waals surface area contributed by atoms with Crippen molar-refractivity contribution in [1.82, 2.24) is 0 Å². The molecule has 1 N–H and O–H groups in total. The number of carbonyl (C=O) groups is 1. The lowest BCUT2D eigenvalue weighted by atomic mass is 10.1. The zero-order valence-corrected chi connectivity index (χ0v) is 15.1. The van der Waals surface area contributed by atoms with Crippen LogP contribution >= 0.6 is 0 Å². The number of fused-ring (bicyclic) bond motifs is 1. The highest BCUT2D eigenvalue weighted by molar-refractivity contribution is 6.13. The third kappa shape index (κ3) is 3.45. The van der Waals surface area contributed by atoms with E-state index >= 15 is 0 Å². The molecular formula is C19H16N4O5. The number of nitro benzene ring substituents is 2. The van der Waals surface area contributed by atoms with E-state index in [0.717, 1.165) is 22.9 Å². The first-order valence-electron chi connectivity index (χ1n) is 8.23. The summed E-state index contributed by atoms with van der Waals surface area (Å²) < 4.78 is 0. The van der Waals surface area contributed by atoms with Crippen LogP contribution in [0.1, 0.15) is 10.4 Å². The molecule has 0 saturated carbocycles. The van der Waals surface area contributed by atoms with Gasteiger partial charge in [-0.15, -0.1) is 0 Å². The predicted octanol–water partition coefficient (Wildman–Crippen LogP) is 3.97. The molecule has 0 aliphatic heterocycles. The number of hydrogen-bond donors (Lipinski definition) is 1. The molecule has 0 spiro atoms. The van der Waals surface area contributed by atoms with E-state index in [9.17, 15) is 25.0 Å². The zero-order chi connectivity index (χ0) is 20.4. The van der Waals surface area contributed by atoms with Gasteiger partial charge in [0.15, 0.2) is 0 Å². The normalized spacial score (nSPS) is 10.5. The van der Waals surface area contributed by atoms with Gasteiger partial charge in [-0.05, 0) is 11.5 Å². The van der Waals surface area contributed by atoms with Crippen LogP contribution in [-0.2, 0) is 0 Å². The van der Waals surface area contributed by atoms with Crippen LogP contribution < -0.4 is 10.2 Å². The van der Waals surface area contributed by atoms with Gasteiger partial charge in [0.1, 0.15) is 5.69 Å². The van der Waals surface area contributed by atoms with Gasteiger partial charge in [-0.25, -0.2) is 0 Å².